The molecule has 0 saturated carbocycles. The molecule has 3 rings (SSSR count). The van der Waals surface area contributed by atoms with E-state index in [9.17, 15) is 18.0 Å². The van der Waals surface area contributed by atoms with E-state index in [0.717, 1.165) is 30.6 Å². The Morgan fingerprint density at radius 3 is 2.34 bits per heavy atom. The van der Waals surface area contributed by atoms with Crippen molar-refractivity contribution in [2.24, 2.45) is 0 Å². The van der Waals surface area contributed by atoms with Gasteiger partial charge in [-0.05, 0) is 68.8 Å². The van der Waals surface area contributed by atoms with Crippen LogP contribution >= 0.6 is 11.3 Å². The van der Waals surface area contributed by atoms with Crippen molar-refractivity contribution in [3.05, 3.63) is 41.8 Å². The third kappa shape index (κ3) is 5.60. The van der Waals surface area contributed by atoms with E-state index in [-0.39, 0.29) is 35.4 Å². The highest BCUT2D eigenvalue weighted by molar-refractivity contribution is 7.94. The summed E-state index contributed by atoms with van der Waals surface area (Å²) in [5.41, 5.74) is 0.462. The molecule has 1 aromatic heterocycles. The zero-order valence-corrected chi connectivity index (χ0v) is 20.0. The van der Waals surface area contributed by atoms with Crippen LogP contribution in [0.15, 0.2) is 46.0 Å². The molecule has 1 fully saturated rings. The Morgan fingerprint density at radius 1 is 1.09 bits per heavy atom. The van der Waals surface area contributed by atoms with E-state index < -0.39 is 16.0 Å². The van der Waals surface area contributed by atoms with Gasteiger partial charge in [0.2, 0.25) is 0 Å². The zero-order valence-electron chi connectivity index (χ0n) is 18.4. The van der Waals surface area contributed by atoms with Gasteiger partial charge in [0.25, 0.3) is 15.9 Å². The van der Waals surface area contributed by atoms with E-state index in [2.05, 4.69) is 0 Å². The molecule has 174 valence electrons. The van der Waals surface area contributed by atoms with Crippen molar-refractivity contribution < 1.29 is 27.5 Å². The zero-order chi connectivity index (χ0) is 23.3. The smallest absolute Gasteiger partial charge is 0.344 e. The number of hydrogen-bond acceptors (Lipinski definition) is 7. The van der Waals surface area contributed by atoms with Gasteiger partial charge in [-0.15, -0.1) is 11.3 Å². The van der Waals surface area contributed by atoms with Gasteiger partial charge in [0, 0.05) is 19.1 Å². The molecule has 0 bridgehead atoms. The van der Waals surface area contributed by atoms with Gasteiger partial charge in [0.05, 0.1) is 5.69 Å². The quantitative estimate of drug-likeness (QED) is 0.539. The number of carbonyl (C=O) groups is 2. The fraction of sp³-hybridized carbons (Fsp3) is 0.455. The van der Waals surface area contributed by atoms with E-state index in [1.54, 1.807) is 46.7 Å². The summed E-state index contributed by atoms with van der Waals surface area (Å²) in [7, 11) is -2.14. The molecule has 2 atom stereocenters. The van der Waals surface area contributed by atoms with Crippen molar-refractivity contribution in [1.29, 1.82) is 0 Å². The molecule has 8 nitrogen and oxygen atoms in total. The Kier molecular flexibility index (Phi) is 7.78. The van der Waals surface area contributed by atoms with Crippen molar-refractivity contribution in [3.8, 4) is 5.75 Å². The van der Waals surface area contributed by atoms with Gasteiger partial charge in [0.15, 0.2) is 13.2 Å². The standard InChI is InChI=1S/C22H28N2O6S2/c1-16-6-4-7-17(2)24(16)20(25)14-30-21(26)15-29-19-11-9-18(10-12-19)23(3)32(27,28)22-8-5-13-31-22/h5,8-13,16-17H,4,6-7,14-15H2,1-3H3/t16-,17-/m1/s1. The Balaban J connectivity index is 1.48. The summed E-state index contributed by atoms with van der Waals surface area (Å²) in [6, 6.07) is 9.85. The van der Waals surface area contributed by atoms with Gasteiger partial charge in [-0.25, -0.2) is 13.2 Å². The molecule has 0 aliphatic carbocycles. The number of anilines is 1. The number of thiophene rings is 1. The molecule has 0 radical (unpaired) electrons. The molecular formula is C22H28N2O6S2. The van der Waals surface area contributed by atoms with Crippen molar-refractivity contribution in [2.75, 3.05) is 24.6 Å². The largest absolute Gasteiger partial charge is 0.482 e. The molecule has 32 heavy (non-hydrogen) atoms. The highest BCUT2D eigenvalue weighted by Gasteiger charge is 2.29. The third-order valence-corrected chi connectivity index (χ3v) is 8.66. The molecule has 0 spiro atoms. The van der Waals surface area contributed by atoms with Gasteiger partial charge >= 0.3 is 5.97 Å². The molecule has 1 aliphatic heterocycles. The van der Waals surface area contributed by atoms with Gasteiger partial charge in [-0.1, -0.05) is 6.07 Å². The van der Waals surface area contributed by atoms with Crippen molar-refractivity contribution >= 4 is 38.9 Å². The summed E-state index contributed by atoms with van der Waals surface area (Å²) in [6.45, 7) is 3.36. The van der Waals surface area contributed by atoms with Crippen molar-refractivity contribution in [2.45, 2.75) is 49.4 Å². The second-order valence-electron chi connectivity index (χ2n) is 7.78. The number of carbonyl (C=O) groups excluding carboxylic acids is 2. The maximum absolute atomic E-state index is 12.6. The Hall–Kier alpha value is -2.59. The highest BCUT2D eigenvalue weighted by Crippen LogP contribution is 2.26. The average Bonchev–Trinajstić information content (AvgIpc) is 3.32. The lowest BCUT2D eigenvalue weighted by molar-refractivity contribution is -0.156. The number of esters is 1. The lowest BCUT2D eigenvalue weighted by atomic mass is 9.97. The first-order chi connectivity index (χ1) is 15.2. The normalized spacial score (nSPS) is 18.8. The Labute approximate surface area is 192 Å². The lowest BCUT2D eigenvalue weighted by Crippen LogP contribution is -2.49. The minimum atomic E-state index is -3.62. The summed E-state index contributed by atoms with van der Waals surface area (Å²) < 4.78 is 37.1. The Morgan fingerprint density at radius 2 is 1.75 bits per heavy atom. The molecule has 2 heterocycles. The number of likely N-dealkylation sites (tertiary alicyclic amines) is 1. The summed E-state index contributed by atoms with van der Waals surface area (Å²) in [4.78, 5) is 26.2. The lowest BCUT2D eigenvalue weighted by Gasteiger charge is -2.38. The predicted molar refractivity (Wildman–Crippen MR) is 122 cm³/mol. The number of rotatable bonds is 8. The molecule has 2 aromatic rings. The maximum Gasteiger partial charge on any atom is 0.344 e. The molecule has 1 aromatic carbocycles. The summed E-state index contributed by atoms with van der Waals surface area (Å²) in [6.07, 6.45) is 2.99. The summed E-state index contributed by atoms with van der Waals surface area (Å²) in [5.74, 6) is -0.452. The van der Waals surface area contributed by atoms with Gasteiger partial charge < -0.3 is 14.4 Å². The van der Waals surface area contributed by atoms with E-state index in [0.29, 0.717) is 11.4 Å². The maximum atomic E-state index is 12.6. The number of nitrogens with zero attached hydrogens (tertiary/aromatic N) is 2. The predicted octanol–water partition coefficient (Wildman–Crippen LogP) is 3.28. The first kappa shape index (κ1) is 24.1. The van der Waals surface area contributed by atoms with E-state index in [4.69, 9.17) is 9.47 Å². The molecule has 0 N–H and O–H groups in total. The third-order valence-electron chi connectivity index (χ3n) is 5.51. The monoisotopic (exact) mass is 480 g/mol. The molecule has 1 saturated heterocycles. The molecule has 1 amide bonds. The topological polar surface area (TPSA) is 93.2 Å². The van der Waals surface area contributed by atoms with Crippen LogP contribution in [0.3, 0.4) is 0 Å². The highest BCUT2D eigenvalue weighted by atomic mass is 32.2. The number of amides is 1. The van der Waals surface area contributed by atoms with Crippen LogP contribution in [0, 0.1) is 0 Å². The van der Waals surface area contributed by atoms with Crippen LogP contribution in [-0.2, 0) is 24.3 Å². The van der Waals surface area contributed by atoms with E-state index in [1.807, 2.05) is 13.8 Å². The molecule has 1 aliphatic rings. The number of piperidine rings is 1. The summed E-state index contributed by atoms with van der Waals surface area (Å²) in [5, 5.41) is 1.71. The fourth-order valence-corrected chi connectivity index (χ4v) is 6.11. The second-order valence-corrected chi connectivity index (χ2v) is 10.9. The molecule has 10 heteroatoms. The average molecular weight is 481 g/mol. The first-order valence-electron chi connectivity index (χ1n) is 10.4. The molecular weight excluding hydrogens is 452 g/mol. The SMILES string of the molecule is C[C@@H]1CCC[C@@H](C)N1C(=O)COC(=O)COc1ccc(N(C)S(=O)(=O)c2cccs2)cc1. The van der Waals surface area contributed by atoms with Crippen LogP contribution in [0.1, 0.15) is 33.1 Å². The van der Waals surface area contributed by atoms with Gasteiger partial charge in [-0.3, -0.25) is 9.10 Å². The fourth-order valence-electron chi connectivity index (χ4n) is 3.75. The van der Waals surface area contributed by atoms with Crippen LogP contribution in [-0.4, -0.2) is 57.5 Å². The van der Waals surface area contributed by atoms with Crippen molar-refractivity contribution in [1.82, 2.24) is 4.90 Å². The number of ether oxygens (including phenoxy) is 2. The van der Waals surface area contributed by atoms with Gasteiger partial charge in [0.1, 0.15) is 9.96 Å². The van der Waals surface area contributed by atoms with Crippen LogP contribution < -0.4 is 9.04 Å². The van der Waals surface area contributed by atoms with E-state index in [1.165, 1.54) is 11.4 Å². The van der Waals surface area contributed by atoms with Gasteiger partial charge in [-0.2, -0.15) is 0 Å². The summed E-state index contributed by atoms with van der Waals surface area (Å²) >= 11 is 1.15. The van der Waals surface area contributed by atoms with Crippen LogP contribution in [0.5, 0.6) is 5.75 Å². The minimum absolute atomic E-state index is 0.140. The first-order valence-corrected chi connectivity index (χ1v) is 12.7. The molecule has 0 unspecified atom stereocenters. The van der Waals surface area contributed by atoms with Crippen LogP contribution in [0.25, 0.3) is 0 Å². The number of hydrogen-bond donors (Lipinski definition) is 0. The number of benzene rings is 1. The Bertz CT molecular complexity index is 1010. The van der Waals surface area contributed by atoms with Crippen LogP contribution in [0.4, 0.5) is 5.69 Å². The second kappa shape index (κ2) is 10.4. The number of sulfonamides is 1. The van der Waals surface area contributed by atoms with Crippen molar-refractivity contribution in [3.63, 3.8) is 0 Å². The minimum Gasteiger partial charge on any atom is -0.482 e. The van der Waals surface area contributed by atoms with Crippen LogP contribution in [0.2, 0.25) is 0 Å². The van der Waals surface area contributed by atoms with E-state index >= 15 is 0 Å².